The largest absolute Gasteiger partial charge is 0.463 e. The Hall–Kier alpha value is -5.61. The number of nitrogens with zero attached hydrogens (tertiary/aromatic N) is 5. The molecule has 3 amide bonds. The smallest absolute Gasteiger partial charge is 0.410 e. The van der Waals surface area contributed by atoms with Crippen molar-refractivity contribution in [2.24, 2.45) is 5.73 Å². The lowest BCUT2D eigenvalue weighted by Crippen LogP contribution is -2.67. The molecule has 0 radical (unpaired) electrons. The lowest BCUT2D eigenvalue weighted by molar-refractivity contribution is -0.271. The van der Waals surface area contributed by atoms with Gasteiger partial charge in [-0.15, -0.1) is 5.10 Å². The number of nitrogens with two attached hydrogens (primary N) is 1. The number of hydrogen-bond donors (Lipinski definition) is 3. The fourth-order valence-electron chi connectivity index (χ4n) is 6.06. The van der Waals surface area contributed by atoms with Crippen molar-refractivity contribution < 1.29 is 66.7 Å². The SMILES string of the molecule is C=CCOC(=O)N(CCCN)CCCCN(CCCNCCCc1cn(CC(=O)N[C@H]2C(OC(C)=O)O[C@H](COC(C)=O)[C@@H](OC(C)=O)[C@@H]2OC(C)=O)nn1)C(=O)OCC=C. The Morgan fingerprint density at radius 1 is 0.770 bits per heavy atom. The quantitative estimate of drug-likeness (QED) is 0.0454. The summed E-state index contributed by atoms with van der Waals surface area (Å²) in [6.07, 6.45) is 2.00. The van der Waals surface area contributed by atoms with Crippen LogP contribution in [-0.4, -0.2) is 163 Å². The van der Waals surface area contributed by atoms with Gasteiger partial charge in [-0.3, -0.25) is 24.0 Å². The molecule has 2 heterocycles. The molecule has 0 saturated carbocycles. The number of aromatic nitrogens is 3. The Balaban J connectivity index is 1.90. The van der Waals surface area contributed by atoms with E-state index in [0.717, 1.165) is 27.7 Å². The topological polar surface area (TPSA) is 271 Å². The van der Waals surface area contributed by atoms with Gasteiger partial charge in [0.2, 0.25) is 12.2 Å². The van der Waals surface area contributed by atoms with Gasteiger partial charge in [0.25, 0.3) is 0 Å². The Morgan fingerprint density at radius 3 is 1.89 bits per heavy atom. The first-order valence-corrected chi connectivity index (χ1v) is 20.1. The average molecular weight is 867 g/mol. The summed E-state index contributed by atoms with van der Waals surface area (Å²) in [6, 6.07) is -1.35. The van der Waals surface area contributed by atoms with Crippen molar-refractivity contribution in [1.82, 2.24) is 35.4 Å². The third-order valence-corrected chi connectivity index (χ3v) is 8.67. The second kappa shape index (κ2) is 28.8. The number of rotatable bonds is 28. The molecule has 1 fully saturated rings. The fourth-order valence-corrected chi connectivity index (χ4v) is 6.06. The van der Waals surface area contributed by atoms with Crippen LogP contribution in [0.3, 0.4) is 0 Å². The Labute approximate surface area is 355 Å². The van der Waals surface area contributed by atoms with Crippen LogP contribution in [-0.2, 0) is 70.1 Å². The van der Waals surface area contributed by atoms with Crippen LogP contribution >= 0.6 is 0 Å². The standard InChI is InChI=1S/C39H62N8O14/c1-7-22-55-38(53)45(20-12-15-40)18-9-10-19-46(39(54)56-23-8-2)21-13-17-41-16-11-14-31-24-47(44-43-31)25-33(52)42-34-36(59-29(5)50)35(58-28(4)49)32(26-57-27(3)48)61-37(34)60-30(6)51/h7-8,24,32,34-37,41H,1-2,9-23,25-26,40H2,3-6H3,(H,42,52)/t32-,34-,35-,36-,37?/m1/s1. The molecule has 22 nitrogen and oxygen atoms in total. The molecule has 0 bridgehead atoms. The van der Waals surface area contributed by atoms with Crippen molar-refractivity contribution in [2.45, 2.75) is 103 Å². The first-order chi connectivity index (χ1) is 29.2. The van der Waals surface area contributed by atoms with Crippen molar-refractivity contribution in [3.05, 3.63) is 37.2 Å². The molecule has 1 aromatic heterocycles. The van der Waals surface area contributed by atoms with E-state index in [1.807, 2.05) is 0 Å². The Kier molecular flexibility index (Phi) is 24.3. The molecule has 1 saturated heterocycles. The van der Waals surface area contributed by atoms with Gasteiger partial charge in [-0.25, -0.2) is 14.3 Å². The number of esters is 4. The van der Waals surface area contributed by atoms with Gasteiger partial charge in [-0.2, -0.15) is 0 Å². The van der Waals surface area contributed by atoms with Gasteiger partial charge in [-0.05, 0) is 58.2 Å². The van der Waals surface area contributed by atoms with Crippen LogP contribution in [0, 0.1) is 0 Å². The molecular weight excluding hydrogens is 804 g/mol. The lowest BCUT2D eigenvalue weighted by Gasteiger charge is -2.44. The number of ether oxygens (including phenoxy) is 7. The number of aryl methyl sites for hydroxylation is 1. The zero-order valence-corrected chi connectivity index (χ0v) is 35.6. The van der Waals surface area contributed by atoms with Gasteiger partial charge in [0.1, 0.15) is 38.5 Å². The van der Waals surface area contributed by atoms with Crippen molar-refractivity contribution in [3.63, 3.8) is 0 Å². The molecule has 1 aliphatic rings. The minimum atomic E-state index is -1.53. The summed E-state index contributed by atoms with van der Waals surface area (Å²) in [4.78, 5) is 89.3. The van der Waals surface area contributed by atoms with Gasteiger partial charge < -0.3 is 59.3 Å². The molecule has 5 atom stereocenters. The average Bonchev–Trinajstić information content (AvgIpc) is 3.64. The maximum atomic E-state index is 13.3. The zero-order valence-electron chi connectivity index (χ0n) is 35.6. The maximum absolute atomic E-state index is 13.3. The van der Waals surface area contributed by atoms with Crippen LogP contribution < -0.4 is 16.4 Å². The van der Waals surface area contributed by atoms with Gasteiger partial charge in [0.05, 0.1) is 5.69 Å². The molecule has 61 heavy (non-hydrogen) atoms. The van der Waals surface area contributed by atoms with E-state index in [1.54, 1.807) is 16.0 Å². The van der Waals surface area contributed by atoms with E-state index in [9.17, 15) is 33.6 Å². The molecule has 4 N–H and O–H groups in total. The van der Waals surface area contributed by atoms with Crippen molar-refractivity contribution in [2.75, 3.05) is 65.6 Å². The minimum absolute atomic E-state index is 0.0894. The van der Waals surface area contributed by atoms with Crippen LogP contribution in [0.15, 0.2) is 31.5 Å². The van der Waals surface area contributed by atoms with Gasteiger partial charge in [0, 0.05) is 60.1 Å². The molecule has 0 aliphatic carbocycles. The molecule has 1 aromatic rings. The summed E-state index contributed by atoms with van der Waals surface area (Å²) >= 11 is 0. The van der Waals surface area contributed by atoms with Gasteiger partial charge in [0.15, 0.2) is 12.2 Å². The van der Waals surface area contributed by atoms with E-state index in [4.69, 9.17) is 38.9 Å². The molecule has 22 heteroatoms. The number of hydrogen-bond acceptors (Lipinski definition) is 18. The number of carbonyl (C=O) groups is 7. The summed E-state index contributed by atoms with van der Waals surface area (Å²) in [5, 5.41) is 14.1. The van der Waals surface area contributed by atoms with Crippen LogP contribution in [0.1, 0.15) is 65.5 Å². The van der Waals surface area contributed by atoms with E-state index in [1.165, 1.54) is 16.8 Å². The van der Waals surface area contributed by atoms with Crippen LogP contribution in [0.4, 0.5) is 9.59 Å². The summed E-state index contributed by atoms with van der Waals surface area (Å²) < 4.78 is 38.7. The predicted molar refractivity (Wildman–Crippen MR) is 215 cm³/mol. The number of unbranched alkanes of at least 4 members (excludes halogenated alkanes) is 1. The monoisotopic (exact) mass is 866 g/mol. The third-order valence-electron chi connectivity index (χ3n) is 8.67. The molecule has 1 aliphatic heterocycles. The maximum Gasteiger partial charge on any atom is 0.410 e. The fraction of sp³-hybridized carbons (Fsp3) is 0.667. The van der Waals surface area contributed by atoms with Crippen LogP contribution in [0.5, 0.6) is 0 Å². The first kappa shape index (κ1) is 51.5. The highest BCUT2D eigenvalue weighted by molar-refractivity contribution is 5.76. The van der Waals surface area contributed by atoms with E-state index in [-0.39, 0.29) is 19.8 Å². The summed E-state index contributed by atoms with van der Waals surface area (Å²) in [7, 11) is 0. The van der Waals surface area contributed by atoms with Gasteiger partial charge in [-0.1, -0.05) is 30.5 Å². The third kappa shape index (κ3) is 20.5. The summed E-state index contributed by atoms with van der Waals surface area (Å²) in [6.45, 7) is 14.6. The highest BCUT2D eigenvalue weighted by Crippen LogP contribution is 2.28. The van der Waals surface area contributed by atoms with Crippen molar-refractivity contribution >= 4 is 42.0 Å². The molecule has 0 aromatic carbocycles. The number of carbonyl (C=O) groups excluding carboxylic acids is 7. The predicted octanol–water partition coefficient (Wildman–Crippen LogP) is 0.768. The Morgan fingerprint density at radius 2 is 1.33 bits per heavy atom. The normalized spacial score (nSPS) is 18.1. The van der Waals surface area contributed by atoms with E-state index < -0.39 is 79.2 Å². The zero-order chi connectivity index (χ0) is 45.2. The summed E-state index contributed by atoms with van der Waals surface area (Å²) in [5.41, 5.74) is 6.24. The van der Waals surface area contributed by atoms with Crippen LogP contribution in [0.25, 0.3) is 0 Å². The highest BCUT2D eigenvalue weighted by Gasteiger charge is 2.52. The second-order valence-electron chi connectivity index (χ2n) is 13.9. The lowest BCUT2D eigenvalue weighted by atomic mass is 9.96. The van der Waals surface area contributed by atoms with Crippen molar-refractivity contribution in [1.29, 1.82) is 0 Å². The van der Waals surface area contributed by atoms with E-state index in [0.29, 0.717) is 90.0 Å². The summed E-state index contributed by atoms with van der Waals surface area (Å²) in [5.74, 6) is -3.70. The number of amides is 3. The molecular formula is C39H62N8O14. The highest BCUT2D eigenvalue weighted by atomic mass is 16.7. The first-order valence-electron chi connectivity index (χ1n) is 20.1. The van der Waals surface area contributed by atoms with Crippen molar-refractivity contribution in [3.8, 4) is 0 Å². The molecule has 0 spiro atoms. The minimum Gasteiger partial charge on any atom is -0.463 e. The molecule has 1 unspecified atom stereocenters. The second-order valence-corrected chi connectivity index (χ2v) is 13.9. The van der Waals surface area contributed by atoms with Crippen LogP contribution in [0.2, 0.25) is 0 Å². The van der Waals surface area contributed by atoms with E-state index >= 15 is 0 Å². The Bertz CT molecular complexity index is 1590. The molecule has 342 valence electrons. The van der Waals surface area contributed by atoms with E-state index in [2.05, 4.69) is 34.1 Å². The van der Waals surface area contributed by atoms with Gasteiger partial charge >= 0.3 is 36.1 Å². The number of nitrogens with one attached hydrogen (secondary N) is 2. The molecule has 2 rings (SSSR count).